The van der Waals surface area contributed by atoms with E-state index in [-0.39, 0.29) is 11.7 Å². The van der Waals surface area contributed by atoms with Gasteiger partial charge in [-0.2, -0.15) is 0 Å². The topological polar surface area (TPSA) is 46.2 Å². The van der Waals surface area contributed by atoms with Crippen LogP contribution in [0.4, 0.5) is 0 Å². The minimum atomic E-state index is -0.0626. The van der Waals surface area contributed by atoms with Gasteiger partial charge in [-0.1, -0.05) is 19.1 Å². The van der Waals surface area contributed by atoms with Crippen molar-refractivity contribution in [2.75, 3.05) is 6.54 Å². The average Bonchev–Trinajstić information content (AvgIpc) is 2.29. The minimum absolute atomic E-state index is 0.0626. The van der Waals surface area contributed by atoms with Gasteiger partial charge in [0.05, 0.1) is 0 Å². The van der Waals surface area contributed by atoms with E-state index in [4.69, 9.17) is 0 Å². The third-order valence-electron chi connectivity index (χ3n) is 2.83. The molecule has 1 N–H and O–H groups in total. The second-order valence-electron chi connectivity index (χ2n) is 4.05. The molecule has 0 saturated heterocycles. The molecule has 0 aliphatic carbocycles. The lowest BCUT2D eigenvalue weighted by atomic mass is 9.95. The SMILES string of the molecule is CCCC(=O)c1ccc2c(c1)C(=O)NCC2. The first-order chi connectivity index (χ1) is 7.72. The second kappa shape index (κ2) is 4.47. The number of nitrogens with one attached hydrogen (secondary N) is 1. The first-order valence-corrected chi connectivity index (χ1v) is 5.66. The Balaban J connectivity index is 2.34. The van der Waals surface area contributed by atoms with E-state index in [9.17, 15) is 9.59 Å². The zero-order valence-corrected chi connectivity index (χ0v) is 9.38. The van der Waals surface area contributed by atoms with Crippen LogP contribution in [0.25, 0.3) is 0 Å². The number of amides is 1. The lowest BCUT2D eigenvalue weighted by molar-refractivity contribution is 0.0946. The normalized spacial score (nSPS) is 14.2. The maximum atomic E-state index is 11.7. The van der Waals surface area contributed by atoms with Gasteiger partial charge >= 0.3 is 0 Å². The molecular weight excluding hydrogens is 202 g/mol. The summed E-state index contributed by atoms with van der Waals surface area (Å²) in [5, 5.41) is 2.79. The molecule has 0 spiro atoms. The quantitative estimate of drug-likeness (QED) is 0.787. The summed E-state index contributed by atoms with van der Waals surface area (Å²) in [7, 11) is 0. The molecule has 2 rings (SSSR count). The van der Waals surface area contributed by atoms with Gasteiger partial charge in [-0.25, -0.2) is 0 Å². The van der Waals surface area contributed by atoms with Gasteiger partial charge in [0.15, 0.2) is 5.78 Å². The highest BCUT2D eigenvalue weighted by Crippen LogP contribution is 2.17. The summed E-state index contributed by atoms with van der Waals surface area (Å²) in [4.78, 5) is 23.3. The lowest BCUT2D eigenvalue weighted by Crippen LogP contribution is -2.31. The number of benzene rings is 1. The standard InChI is InChI=1S/C13H15NO2/c1-2-3-12(15)10-5-4-9-6-7-14-13(16)11(9)8-10/h4-5,8H,2-3,6-7H2,1H3,(H,14,16). The molecule has 1 amide bonds. The van der Waals surface area contributed by atoms with Crippen LogP contribution in [0, 0.1) is 0 Å². The van der Waals surface area contributed by atoms with Crippen molar-refractivity contribution in [1.82, 2.24) is 5.32 Å². The van der Waals surface area contributed by atoms with Gasteiger partial charge in [-0.15, -0.1) is 0 Å². The van der Waals surface area contributed by atoms with Gasteiger partial charge < -0.3 is 5.32 Å². The highest BCUT2D eigenvalue weighted by Gasteiger charge is 2.18. The Morgan fingerprint density at radius 1 is 1.44 bits per heavy atom. The average molecular weight is 217 g/mol. The van der Waals surface area contributed by atoms with E-state index in [1.54, 1.807) is 6.07 Å². The van der Waals surface area contributed by atoms with E-state index in [2.05, 4.69) is 5.32 Å². The third-order valence-corrected chi connectivity index (χ3v) is 2.83. The van der Waals surface area contributed by atoms with Crippen molar-refractivity contribution in [3.63, 3.8) is 0 Å². The predicted molar refractivity (Wildman–Crippen MR) is 61.7 cm³/mol. The first-order valence-electron chi connectivity index (χ1n) is 5.66. The van der Waals surface area contributed by atoms with Crippen LogP contribution in [0.3, 0.4) is 0 Å². The van der Waals surface area contributed by atoms with Gasteiger partial charge in [-0.3, -0.25) is 9.59 Å². The van der Waals surface area contributed by atoms with E-state index < -0.39 is 0 Å². The number of hydrogen-bond donors (Lipinski definition) is 1. The Morgan fingerprint density at radius 3 is 3.00 bits per heavy atom. The molecule has 0 fully saturated rings. The van der Waals surface area contributed by atoms with E-state index in [0.717, 1.165) is 18.4 Å². The van der Waals surface area contributed by atoms with Crippen molar-refractivity contribution in [1.29, 1.82) is 0 Å². The largest absolute Gasteiger partial charge is 0.352 e. The summed E-state index contributed by atoms with van der Waals surface area (Å²) in [6, 6.07) is 5.45. The molecule has 0 aromatic heterocycles. The van der Waals surface area contributed by atoms with Gasteiger partial charge in [0.25, 0.3) is 5.91 Å². The molecule has 3 nitrogen and oxygen atoms in total. The Labute approximate surface area is 94.9 Å². The molecule has 1 aromatic rings. The molecule has 0 unspecified atom stereocenters. The van der Waals surface area contributed by atoms with Crippen LogP contribution in [-0.4, -0.2) is 18.2 Å². The van der Waals surface area contributed by atoms with Crippen molar-refractivity contribution in [3.8, 4) is 0 Å². The van der Waals surface area contributed by atoms with E-state index in [0.29, 0.717) is 24.1 Å². The van der Waals surface area contributed by atoms with Crippen LogP contribution < -0.4 is 5.32 Å². The molecule has 0 atom stereocenters. The van der Waals surface area contributed by atoms with Crippen molar-refractivity contribution in [2.24, 2.45) is 0 Å². The summed E-state index contributed by atoms with van der Waals surface area (Å²) in [6.45, 7) is 2.66. The van der Waals surface area contributed by atoms with Gasteiger partial charge in [0.1, 0.15) is 0 Å². The maximum Gasteiger partial charge on any atom is 0.251 e. The smallest absolute Gasteiger partial charge is 0.251 e. The minimum Gasteiger partial charge on any atom is -0.352 e. The summed E-state index contributed by atoms with van der Waals surface area (Å²) in [5.74, 6) is 0.0519. The number of carbonyl (C=O) groups is 2. The summed E-state index contributed by atoms with van der Waals surface area (Å²) >= 11 is 0. The van der Waals surface area contributed by atoms with Crippen molar-refractivity contribution < 1.29 is 9.59 Å². The zero-order chi connectivity index (χ0) is 11.5. The number of Topliss-reactive ketones (excluding diaryl/α,β-unsaturated/α-hetero) is 1. The number of carbonyl (C=O) groups excluding carboxylic acids is 2. The maximum absolute atomic E-state index is 11.7. The molecule has 0 saturated carbocycles. The molecule has 0 bridgehead atoms. The molecular formula is C13H15NO2. The summed E-state index contributed by atoms with van der Waals surface area (Å²) < 4.78 is 0. The molecule has 3 heteroatoms. The van der Waals surface area contributed by atoms with Crippen LogP contribution in [-0.2, 0) is 6.42 Å². The second-order valence-corrected chi connectivity index (χ2v) is 4.05. The van der Waals surface area contributed by atoms with Gasteiger partial charge in [0, 0.05) is 24.1 Å². The number of rotatable bonds is 3. The third kappa shape index (κ3) is 1.98. The molecule has 1 heterocycles. The first kappa shape index (κ1) is 10.9. The van der Waals surface area contributed by atoms with Gasteiger partial charge in [-0.05, 0) is 24.5 Å². The molecule has 1 aliphatic rings. The fourth-order valence-corrected chi connectivity index (χ4v) is 1.96. The van der Waals surface area contributed by atoms with E-state index in [1.165, 1.54) is 0 Å². The number of ketones is 1. The van der Waals surface area contributed by atoms with Crippen LogP contribution in [0.1, 0.15) is 46.0 Å². The number of hydrogen-bond acceptors (Lipinski definition) is 2. The molecule has 0 radical (unpaired) electrons. The van der Waals surface area contributed by atoms with Crippen molar-refractivity contribution in [3.05, 3.63) is 34.9 Å². The molecule has 1 aromatic carbocycles. The highest BCUT2D eigenvalue weighted by molar-refractivity contribution is 6.01. The Bertz CT molecular complexity index is 438. The Hall–Kier alpha value is -1.64. The Kier molecular flexibility index (Phi) is 3.04. The van der Waals surface area contributed by atoms with Crippen LogP contribution in [0.15, 0.2) is 18.2 Å². The molecule has 16 heavy (non-hydrogen) atoms. The van der Waals surface area contributed by atoms with Crippen LogP contribution >= 0.6 is 0 Å². The van der Waals surface area contributed by atoms with Crippen molar-refractivity contribution in [2.45, 2.75) is 26.2 Å². The monoisotopic (exact) mass is 217 g/mol. The predicted octanol–water partition coefficient (Wildman–Crippen LogP) is 1.96. The van der Waals surface area contributed by atoms with Gasteiger partial charge in [0.2, 0.25) is 0 Å². The fraction of sp³-hybridized carbons (Fsp3) is 0.385. The zero-order valence-electron chi connectivity index (χ0n) is 9.38. The van der Waals surface area contributed by atoms with Crippen molar-refractivity contribution >= 4 is 11.7 Å². The molecule has 84 valence electrons. The van der Waals surface area contributed by atoms with Crippen LogP contribution in [0.5, 0.6) is 0 Å². The highest BCUT2D eigenvalue weighted by atomic mass is 16.1. The fourth-order valence-electron chi connectivity index (χ4n) is 1.96. The molecule has 1 aliphatic heterocycles. The van der Waals surface area contributed by atoms with E-state index >= 15 is 0 Å². The van der Waals surface area contributed by atoms with E-state index in [1.807, 2.05) is 19.1 Å². The Morgan fingerprint density at radius 2 is 2.25 bits per heavy atom. The summed E-state index contributed by atoms with van der Waals surface area (Å²) in [6.07, 6.45) is 2.23. The lowest BCUT2D eigenvalue weighted by Gasteiger charge is -2.16. The number of fused-ring (bicyclic) bond motifs is 1. The summed E-state index contributed by atoms with van der Waals surface area (Å²) in [5.41, 5.74) is 2.35. The van der Waals surface area contributed by atoms with Crippen LogP contribution in [0.2, 0.25) is 0 Å².